The molecular formula is C23H22N6OS. The number of carbonyl (C=O) groups excluding carboxylic acids is 1. The Kier molecular flexibility index (Phi) is 5.56. The summed E-state index contributed by atoms with van der Waals surface area (Å²) in [4.78, 5) is 30.8. The van der Waals surface area contributed by atoms with Crippen LogP contribution in [0.5, 0.6) is 0 Å². The molecular weight excluding hydrogens is 408 g/mol. The number of pyridine rings is 2. The zero-order valence-electron chi connectivity index (χ0n) is 16.9. The molecule has 5 rings (SSSR count). The van der Waals surface area contributed by atoms with Crippen LogP contribution in [0.3, 0.4) is 0 Å². The number of amides is 1. The second-order valence-corrected chi connectivity index (χ2v) is 8.29. The molecule has 4 aromatic rings. The van der Waals surface area contributed by atoms with Crippen LogP contribution in [0, 0.1) is 0 Å². The van der Waals surface area contributed by atoms with E-state index in [2.05, 4.69) is 36.1 Å². The van der Waals surface area contributed by atoms with E-state index in [1.54, 1.807) is 6.20 Å². The van der Waals surface area contributed by atoms with E-state index < -0.39 is 0 Å². The lowest BCUT2D eigenvalue weighted by Crippen LogP contribution is -2.46. The molecule has 0 unspecified atom stereocenters. The zero-order valence-corrected chi connectivity index (χ0v) is 17.8. The summed E-state index contributed by atoms with van der Waals surface area (Å²) in [5.74, 6) is 0.796. The van der Waals surface area contributed by atoms with Crippen molar-refractivity contribution in [3.05, 3.63) is 77.7 Å². The lowest BCUT2D eigenvalue weighted by molar-refractivity contribution is 0.102. The number of nitrogens with one attached hydrogen (secondary N) is 1. The molecule has 0 radical (unpaired) electrons. The second-order valence-electron chi connectivity index (χ2n) is 7.43. The third kappa shape index (κ3) is 4.40. The van der Waals surface area contributed by atoms with Gasteiger partial charge in [-0.2, -0.15) is 0 Å². The molecule has 1 saturated heterocycles. The summed E-state index contributed by atoms with van der Waals surface area (Å²) < 4.78 is 0. The van der Waals surface area contributed by atoms with E-state index in [-0.39, 0.29) is 5.91 Å². The topological polar surface area (TPSA) is 74.2 Å². The van der Waals surface area contributed by atoms with Crippen LogP contribution >= 0.6 is 11.3 Å². The molecule has 0 bridgehead atoms. The number of rotatable bonds is 5. The Morgan fingerprint density at radius 2 is 1.81 bits per heavy atom. The molecule has 1 amide bonds. The van der Waals surface area contributed by atoms with Gasteiger partial charge in [-0.25, -0.2) is 9.97 Å². The van der Waals surface area contributed by atoms with Gasteiger partial charge in [0, 0.05) is 55.9 Å². The first-order chi connectivity index (χ1) is 15.3. The Balaban J connectivity index is 1.19. The van der Waals surface area contributed by atoms with Gasteiger partial charge in [0.05, 0.1) is 5.69 Å². The smallest absolute Gasteiger partial charge is 0.276 e. The van der Waals surface area contributed by atoms with Crippen LogP contribution in [0.1, 0.15) is 16.2 Å². The number of carbonyl (C=O) groups is 1. The van der Waals surface area contributed by atoms with Gasteiger partial charge in [-0.3, -0.25) is 20.0 Å². The Bertz CT molecular complexity index is 1180. The summed E-state index contributed by atoms with van der Waals surface area (Å²) in [6, 6.07) is 15.7. The van der Waals surface area contributed by atoms with Gasteiger partial charge in [0.25, 0.3) is 5.91 Å². The molecule has 0 aliphatic carbocycles. The highest BCUT2D eigenvalue weighted by molar-refractivity contribution is 7.14. The Morgan fingerprint density at radius 1 is 0.968 bits per heavy atom. The van der Waals surface area contributed by atoms with Crippen LogP contribution in [0.2, 0.25) is 0 Å². The largest absolute Gasteiger partial charge is 0.354 e. The standard InChI is InChI=1S/C23H22N6OS/c30-22(21-19-6-2-1-5-17(19)8-10-25-21)27-23-26-18(16-31-23)15-28-11-13-29(14-12-28)20-7-3-4-9-24-20/h1-10,16H,11-15H2,(H,26,27,30). The fourth-order valence-electron chi connectivity index (χ4n) is 3.80. The van der Waals surface area contributed by atoms with Gasteiger partial charge < -0.3 is 4.90 Å². The van der Waals surface area contributed by atoms with E-state index in [9.17, 15) is 4.79 Å². The first-order valence-electron chi connectivity index (χ1n) is 10.2. The first kappa shape index (κ1) is 19.6. The average Bonchev–Trinajstić information content (AvgIpc) is 3.26. The highest BCUT2D eigenvalue weighted by atomic mass is 32.1. The maximum Gasteiger partial charge on any atom is 0.276 e. The summed E-state index contributed by atoms with van der Waals surface area (Å²) in [7, 11) is 0. The molecule has 0 spiro atoms. The van der Waals surface area contributed by atoms with Gasteiger partial charge in [0.15, 0.2) is 5.13 Å². The fourth-order valence-corrected chi connectivity index (χ4v) is 4.50. The van der Waals surface area contributed by atoms with Gasteiger partial charge in [0.2, 0.25) is 0 Å². The molecule has 156 valence electrons. The van der Waals surface area contributed by atoms with E-state index in [1.807, 2.05) is 54.0 Å². The van der Waals surface area contributed by atoms with Gasteiger partial charge >= 0.3 is 0 Å². The van der Waals surface area contributed by atoms with Crippen LogP contribution in [0.15, 0.2) is 66.3 Å². The van der Waals surface area contributed by atoms with Crippen molar-refractivity contribution in [2.75, 3.05) is 36.4 Å². The van der Waals surface area contributed by atoms with E-state index in [1.165, 1.54) is 11.3 Å². The Labute approximate surface area is 184 Å². The number of piperazine rings is 1. The van der Waals surface area contributed by atoms with Gasteiger partial charge in [-0.1, -0.05) is 30.3 Å². The van der Waals surface area contributed by atoms with Crippen LogP contribution in [-0.4, -0.2) is 51.9 Å². The highest BCUT2D eigenvalue weighted by Gasteiger charge is 2.19. The Hall–Kier alpha value is -3.36. The van der Waals surface area contributed by atoms with E-state index in [0.29, 0.717) is 10.8 Å². The summed E-state index contributed by atoms with van der Waals surface area (Å²) in [6.45, 7) is 4.56. The lowest BCUT2D eigenvalue weighted by atomic mass is 10.1. The van der Waals surface area contributed by atoms with Crippen molar-refractivity contribution in [3.8, 4) is 0 Å². The SMILES string of the molecule is O=C(Nc1nc(CN2CCN(c3ccccn3)CC2)cs1)c1nccc2ccccc12. The maximum atomic E-state index is 12.8. The number of anilines is 2. The van der Waals surface area contributed by atoms with E-state index in [0.717, 1.165) is 55.0 Å². The highest BCUT2D eigenvalue weighted by Crippen LogP contribution is 2.21. The minimum Gasteiger partial charge on any atom is -0.354 e. The fraction of sp³-hybridized carbons (Fsp3) is 0.217. The number of hydrogen-bond donors (Lipinski definition) is 1. The number of benzene rings is 1. The molecule has 7 nitrogen and oxygen atoms in total. The molecule has 8 heteroatoms. The second kappa shape index (κ2) is 8.79. The number of aromatic nitrogens is 3. The molecule has 1 aliphatic rings. The molecule has 0 atom stereocenters. The van der Waals surface area contributed by atoms with Crippen molar-refractivity contribution in [1.29, 1.82) is 0 Å². The van der Waals surface area contributed by atoms with Crippen LogP contribution in [-0.2, 0) is 6.54 Å². The molecule has 4 heterocycles. The van der Waals surface area contributed by atoms with E-state index in [4.69, 9.17) is 0 Å². The molecule has 31 heavy (non-hydrogen) atoms. The van der Waals surface area contributed by atoms with Crippen molar-refractivity contribution >= 4 is 39.0 Å². The number of thiazole rings is 1. The predicted molar refractivity (Wildman–Crippen MR) is 124 cm³/mol. The van der Waals surface area contributed by atoms with Crippen molar-refractivity contribution in [1.82, 2.24) is 19.9 Å². The van der Waals surface area contributed by atoms with Gasteiger partial charge in [-0.15, -0.1) is 11.3 Å². The molecule has 1 aromatic carbocycles. The summed E-state index contributed by atoms with van der Waals surface area (Å²) in [5, 5.41) is 7.35. The minimum atomic E-state index is -0.235. The quantitative estimate of drug-likeness (QED) is 0.521. The summed E-state index contributed by atoms with van der Waals surface area (Å²) in [6.07, 6.45) is 3.50. The number of fused-ring (bicyclic) bond motifs is 1. The van der Waals surface area contributed by atoms with Crippen LogP contribution in [0.4, 0.5) is 10.9 Å². The van der Waals surface area contributed by atoms with Gasteiger partial charge in [-0.05, 0) is 23.6 Å². The monoisotopic (exact) mass is 430 g/mol. The van der Waals surface area contributed by atoms with Crippen molar-refractivity contribution < 1.29 is 4.79 Å². The predicted octanol–water partition coefficient (Wildman–Crippen LogP) is 3.66. The molecule has 0 saturated carbocycles. The van der Waals surface area contributed by atoms with Crippen LogP contribution in [0.25, 0.3) is 10.8 Å². The van der Waals surface area contributed by atoms with Crippen LogP contribution < -0.4 is 10.2 Å². The maximum absolute atomic E-state index is 12.8. The summed E-state index contributed by atoms with van der Waals surface area (Å²) in [5.41, 5.74) is 1.39. The lowest BCUT2D eigenvalue weighted by Gasteiger charge is -2.35. The zero-order chi connectivity index (χ0) is 21.0. The van der Waals surface area contributed by atoms with Gasteiger partial charge in [0.1, 0.15) is 11.5 Å². The molecule has 1 N–H and O–H groups in total. The summed E-state index contributed by atoms with van der Waals surface area (Å²) >= 11 is 1.45. The van der Waals surface area contributed by atoms with E-state index >= 15 is 0 Å². The third-order valence-corrected chi connectivity index (χ3v) is 6.20. The molecule has 3 aromatic heterocycles. The normalized spacial score (nSPS) is 14.6. The molecule has 1 fully saturated rings. The molecule has 1 aliphatic heterocycles. The van der Waals surface area contributed by atoms with Crippen molar-refractivity contribution in [3.63, 3.8) is 0 Å². The van der Waals surface area contributed by atoms with Crippen molar-refractivity contribution in [2.24, 2.45) is 0 Å². The Morgan fingerprint density at radius 3 is 2.65 bits per heavy atom. The first-order valence-corrected chi connectivity index (χ1v) is 11.1. The minimum absolute atomic E-state index is 0.235. The number of hydrogen-bond acceptors (Lipinski definition) is 7. The van der Waals surface area contributed by atoms with Crippen molar-refractivity contribution in [2.45, 2.75) is 6.54 Å². The third-order valence-electron chi connectivity index (χ3n) is 5.39. The average molecular weight is 431 g/mol. The number of nitrogens with zero attached hydrogens (tertiary/aromatic N) is 5.